The number of halogens is 2. The Hall–Kier alpha value is -2.08. The second kappa shape index (κ2) is 8.34. The summed E-state index contributed by atoms with van der Waals surface area (Å²) >= 11 is 3.36. The van der Waals surface area contributed by atoms with E-state index in [1.165, 1.54) is 12.1 Å². The molecule has 0 aliphatic carbocycles. The molecule has 25 heavy (non-hydrogen) atoms. The van der Waals surface area contributed by atoms with Crippen molar-refractivity contribution in [3.05, 3.63) is 64.4 Å². The molecule has 0 unspecified atom stereocenters. The normalized spacial score (nSPS) is 15.0. The van der Waals surface area contributed by atoms with Crippen molar-refractivity contribution in [3.8, 4) is 0 Å². The molecule has 3 rings (SSSR count). The number of carbonyl (C=O) groups excluding carboxylic acids is 1. The first-order valence-electron chi connectivity index (χ1n) is 8.29. The van der Waals surface area contributed by atoms with Gasteiger partial charge in [-0.3, -0.25) is 0 Å². The number of hydrogen-bond donors (Lipinski definition) is 1. The van der Waals surface area contributed by atoms with E-state index in [-0.39, 0.29) is 18.0 Å². The van der Waals surface area contributed by atoms with Gasteiger partial charge in [-0.1, -0.05) is 30.3 Å². The van der Waals surface area contributed by atoms with Gasteiger partial charge in [-0.05, 0) is 52.5 Å². The first-order chi connectivity index (χ1) is 12.1. The molecule has 2 aromatic carbocycles. The summed E-state index contributed by atoms with van der Waals surface area (Å²) in [5, 5.41) is 3.40. The third-order valence-corrected chi connectivity index (χ3v) is 4.91. The van der Waals surface area contributed by atoms with Crippen LogP contribution in [0.2, 0.25) is 0 Å². The molecule has 1 aliphatic rings. The summed E-state index contributed by atoms with van der Waals surface area (Å²) < 4.78 is 19.2. The van der Waals surface area contributed by atoms with Crippen LogP contribution in [0.5, 0.6) is 0 Å². The molecule has 4 nitrogen and oxygen atoms in total. The number of nitrogens with one attached hydrogen (secondary N) is 1. The minimum absolute atomic E-state index is 0.250. The highest BCUT2D eigenvalue weighted by molar-refractivity contribution is 9.10. The lowest BCUT2D eigenvalue weighted by Crippen LogP contribution is -2.42. The molecule has 1 saturated heterocycles. The van der Waals surface area contributed by atoms with Gasteiger partial charge in [-0.15, -0.1) is 0 Å². The number of nitrogens with zero attached hydrogens (tertiary/aromatic N) is 1. The third kappa shape index (κ3) is 4.95. The van der Waals surface area contributed by atoms with Gasteiger partial charge in [-0.2, -0.15) is 0 Å². The van der Waals surface area contributed by atoms with Gasteiger partial charge in [0, 0.05) is 29.3 Å². The lowest BCUT2D eigenvalue weighted by atomic mass is 10.1. The van der Waals surface area contributed by atoms with Crippen LogP contribution in [-0.4, -0.2) is 30.1 Å². The zero-order chi connectivity index (χ0) is 17.6. The summed E-state index contributed by atoms with van der Waals surface area (Å²) in [5.74, 6) is -0.270. The largest absolute Gasteiger partial charge is 0.445 e. The number of benzene rings is 2. The van der Waals surface area contributed by atoms with Crippen LogP contribution in [0.3, 0.4) is 0 Å². The van der Waals surface area contributed by atoms with Crippen molar-refractivity contribution in [1.29, 1.82) is 0 Å². The van der Waals surface area contributed by atoms with Crippen LogP contribution in [-0.2, 0) is 11.3 Å². The molecule has 6 heteroatoms. The van der Waals surface area contributed by atoms with Gasteiger partial charge in [0.2, 0.25) is 0 Å². The van der Waals surface area contributed by atoms with Gasteiger partial charge in [0.1, 0.15) is 12.4 Å². The van der Waals surface area contributed by atoms with Crippen molar-refractivity contribution in [2.24, 2.45) is 0 Å². The van der Waals surface area contributed by atoms with Crippen LogP contribution in [0.15, 0.2) is 53.0 Å². The maximum atomic E-state index is 13.1. The number of rotatable bonds is 4. The van der Waals surface area contributed by atoms with Crippen LogP contribution in [0.4, 0.5) is 14.9 Å². The van der Waals surface area contributed by atoms with Crippen LogP contribution in [0.25, 0.3) is 0 Å². The summed E-state index contributed by atoms with van der Waals surface area (Å²) in [6, 6.07) is 14.5. The maximum Gasteiger partial charge on any atom is 0.410 e. The van der Waals surface area contributed by atoms with Gasteiger partial charge >= 0.3 is 6.09 Å². The van der Waals surface area contributed by atoms with Crippen molar-refractivity contribution >= 4 is 27.7 Å². The molecule has 1 amide bonds. The minimum atomic E-state index is -0.273. The number of piperidine rings is 1. The predicted octanol–water partition coefficient (Wildman–Crippen LogP) is 4.80. The van der Waals surface area contributed by atoms with E-state index in [2.05, 4.69) is 21.2 Å². The van der Waals surface area contributed by atoms with Crippen LogP contribution in [0, 0.1) is 5.82 Å². The zero-order valence-corrected chi connectivity index (χ0v) is 15.3. The monoisotopic (exact) mass is 406 g/mol. The standard InChI is InChI=1S/C19H20BrFN2O2/c20-17-12-15(21)6-7-18(17)22-16-8-10-23(11-9-16)19(24)25-13-14-4-2-1-3-5-14/h1-7,12,16,22H,8-11,13H2. The van der Waals surface area contributed by atoms with E-state index in [4.69, 9.17) is 4.74 Å². The number of anilines is 1. The van der Waals surface area contributed by atoms with Gasteiger partial charge in [0.15, 0.2) is 0 Å². The van der Waals surface area contributed by atoms with Gasteiger partial charge < -0.3 is 15.0 Å². The molecule has 0 radical (unpaired) electrons. The minimum Gasteiger partial charge on any atom is -0.445 e. The van der Waals surface area contributed by atoms with E-state index >= 15 is 0 Å². The maximum absolute atomic E-state index is 13.1. The highest BCUT2D eigenvalue weighted by atomic mass is 79.9. The molecule has 0 spiro atoms. The Bertz CT molecular complexity index is 719. The second-order valence-electron chi connectivity index (χ2n) is 6.07. The van der Waals surface area contributed by atoms with Crippen molar-refractivity contribution in [3.63, 3.8) is 0 Å². The van der Waals surface area contributed by atoms with Crippen LogP contribution in [0.1, 0.15) is 18.4 Å². The summed E-state index contributed by atoms with van der Waals surface area (Å²) in [6.07, 6.45) is 1.37. The fourth-order valence-corrected chi connectivity index (χ4v) is 3.31. The van der Waals surface area contributed by atoms with Crippen LogP contribution < -0.4 is 5.32 Å². The second-order valence-corrected chi connectivity index (χ2v) is 6.92. The molecular formula is C19H20BrFN2O2. The third-order valence-electron chi connectivity index (χ3n) is 4.25. The molecule has 0 saturated carbocycles. The fourth-order valence-electron chi connectivity index (χ4n) is 2.84. The number of amides is 1. The number of carbonyl (C=O) groups is 1. The van der Waals surface area contributed by atoms with Gasteiger partial charge in [0.25, 0.3) is 0 Å². The Labute approximate surface area is 155 Å². The molecule has 1 aliphatic heterocycles. The number of hydrogen-bond acceptors (Lipinski definition) is 3. The van der Waals surface area contributed by atoms with Crippen molar-refractivity contribution in [1.82, 2.24) is 4.90 Å². The summed E-state index contributed by atoms with van der Waals surface area (Å²) in [4.78, 5) is 13.9. The molecular weight excluding hydrogens is 387 g/mol. The van der Waals surface area contributed by atoms with E-state index in [0.717, 1.165) is 24.1 Å². The smallest absolute Gasteiger partial charge is 0.410 e. The average molecular weight is 407 g/mol. The summed E-state index contributed by atoms with van der Waals surface area (Å²) in [5.41, 5.74) is 1.85. The Morgan fingerprint density at radius 3 is 2.60 bits per heavy atom. The Kier molecular flexibility index (Phi) is 5.91. The van der Waals surface area contributed by atoms with E-state index in [9.17, 15) is 9.18 Å². The van der Waals surface area contributed by atoms with E-state index in [1.807, 2.05) is 30.3 Å². The zero-order valence-electron chi connectivity index (χ0n) is 13.8. The number of ether oxygens (including phenoxy) is 1. The molecule has 1 fully saturated rings. The average Bonchev–Trinajstić information content (AvgIpc) is 2.63. The van der Waals surface area contributed by atoms with E-state index in [0.29, 0.717) is 24.2 Å². The Morgan fingerprint density at radius 2 is 1.92 bits per heavy atom. The van der Waals surface area contributed by atoms with Gasteiger partial charge in [0.05, 0.1) is 0 Å². The quantitative estimate of drug-likeness (QED) is 0.792. The topological polar surface area (TPSA) is 41.6 Å². The molecule has 0 aromatic heterocycles. The lowest BCUT2D eigenvalue weighted by Gasteiger charge is -2.32. The van der Waals surface area contributed by atoms with E-state index < -0.39 is 0 Å². The molecule has 132 valence electrons. The Balaban J connectivity index is 1.45. The van der Waals surface area contributed by atoms with Gasteiger partial charge in [-0.25, -0.2) is 9.18 Å². The summed E-state index contributed by atoms with van der Waals surface area (Å²) in [7, 11) is 0. The highest BCUT2D eigenvalue weighted by Gasteiger charge is 2.24. The van der Waals surface area contributed by atoms with Crippen LogP contribution >= 0.6 is 15.9 Å². The molecule has 1 N–H and O–H groups in total. The fraction of sp³-hybridized carbons (Fsp3) is 0.316. The first kappa shape index (κ1) is 17.7. The van der Waals surface area contributed by atoms with Crippen molar-refractivity contribution in [2.75, 3.05) is 18.4 Å². The van der Waals surface area contributed by atoms with Crippen molar-refractivity contribution < 1.29 is 13.9 Å². The molecule has 2 aromatic rings. The molecule has 0 atom stereocenters. The Morgan fingerprint density at radius 1 is 1.20 bits per heavy atom. The molecule has 1 heterocycles. The lowest BCUT2D eigenvalue weighted by molar-refractivity contribution is 0.0882. The van der Waals surface area contributed by atoms with E-state index in [1.54, 1.807) is 11.0 Å². The molecule has 0 bridgehead atoms. The predicted molar refractivity (Wildman–Crippen MR) is 98.9 cm³/mol. The highest BCUT2D eigenvalue weighted by Crippen LogP contribution is 2.26. The van der Waals surface area contributed by atoms with Crippen molar-refractivity contribution in [2.45, 2.75) is 25.5 Å². The first-order valence-corrected chi connectivity index (χ1v) is 9.08. The summed E-state index contributed by atoms with van der Waals surface area (Å²) in [6.45, 7) is 1.58. The number of likely N-dealkylation sites (tertiary alicyclic amines) is 1. The SMILES string of the molecule is O=C(OCc1ccccc1)N1CCC(Nc2ccc(F)cc2Br)CC1.